The van der Waals surface area contributed by atoms with Crippen LogP contribution in [0.3, 0.4) is 0 Å². The number of aromatic nitrogens is 4. The summed E-state index contributed by atoms with van der Waals surface area (Å²) >= 11 is 0. The first-order chi connectivity index (χ1) is 15.9. The van der Waals surface area contributed by atoms with Crippen LogP contribution in [0.4, 0.5) is 0 Å². The molecule has 4 rings (SSSR count). The van der Waals surface area contributed by atoms with E-state index >= 15 is 0 Å². The molecule has 0 N–H and O–H groups in total. The lowest BCUT2D eigenvalue weighted by Crippen LogP contribution is -2.40. The van der Waals surface area contributed by atoms with Gasteiger partial charge in [-0.25, -0.2) is 9.97 Å². The number of amides is 1. The van der Waals surface area contributed by atoms with Crippen LogP contribution in [0.1, 0.15) is 36.6 Å². The number of hydrogen-bond donors (Lipinski definition) is 0. The Morgan fingerprint density at radius 3 is 2.67 bits per heavy atom. The highest BCUT2D eigenvalue weighted by atomic mass is 16.5. The van der Waals surface area contributed by atoms with Gasteiger partial charge in [0.1, 0.15) is 5.76 Å². The molecule has 0 spiro atoms. The minimum atomic E-state index is -0.125. The molecule has 3 aromatic heterocycles. The summed E-state index contributed by atoms with van der Waals surface area (Å²) in [5, 5.41) is 4.02. The number of rotatable bonds is 8. The predicted molar refractivity (Wildman–Crippen MR) is 123 cm³/mol. The Bertz CT molecular complexity index is 1040. The fraction of sp³-hybridized carbons (Fsp3) is 0.500. The number of aryl methyl sites for hydroxylation is 2. The second-order valence-electron chi connectivity index (χ2n) is 9.02. The molecule has 0 saturated carbocycles. The molecule has 1 aliphatic rings. The number of carbonyl (C=O) groups excluding carboxylic acids is 1. The molecular formula is C24H32N6O3. The van der Waals surface area contributed by atoms with Crippen LogP contribution in [-0.2, 0) is 22.7 Å². The van der Waals surface area contributed by atoms with Crippen molar-refractivity contribution < 1.29 is 14.1 Å². The first-order valence-corrected chi connectivity index (χ1v) is 11.4. The summed E-state index contributed by atoms with van der Waals surface area (Å²) in [6.45, 7) is 11.4. The lowest BCUT2D eigenvalue weighted by molar-refractivity contribution is -0.132. The van der Waals surface area contributed by atoms with Crippen LogP contribution in [0.5, 0.6) is 0 Å². The number of nitrogens with zero attached hydrogens (tertiary/aromatic N) is 6. The average Bonchev–Trinajstić information content (AvgIpc) is 3.33. The van der Waals surface area contributed by atoms with E-state index in [1.54, 1.807) is 18.5 Å². The van der Waals surface area contributed by atoms with Gasteiger partial charge in [-0.3, -0.25) is 14.3 Å². The van der Waals surface area contributed by atoms with Crippen LogP contribution >= 0.6 is 0 Å². The molecule has 3 aromatic rings. The van der Waals surface area contributed by atoms with Crippen molar-refractivity contribution in [3.63, 3.8) is 0 Å². The largest absolute Gasteiger partial charge is 0.370 e. The van der Waals surface area contributed by atoms with Crippen LogP contribution in [-0.4, -0.2) is 67.7 Å². The molecule has 0 bridgehead atoms. The zero-order valence-electron chi connectivity index (χ0n) is 19.8. The van der Waals surface area contributed by atoms with Gasteiger partial charge in [0.25, 0.3) is 0 Å². The zero-order chi connectivity index (χ0) is 23.4. The molecule has 1 aliphatic heterocycles. The van der Waals surface area contributed by atoms with Gasteiger partial charge in [0, 0.05) is 56.0 Å². The van der Waals surface area contributed by atoms with Gasteiger partial charge in [-0.05, 0) is 38.0 Å². The monoisotopic (exact) mass is 452 g/mol. The normalized spacial score (nSPS) is 17.7. The molecule has 1 fully saturated rings. The first-order valence-electron chi connectivity index (χ1n) is 11.4. The minimum Gasteiger partial charge on any atom is -0.370 e. The minimum absolute atomic E-state index is 0.125. The van der Waals surface area contributed by atoms with Gasteiger partial charge in [-0.1, -0.05) is 19.0 Å². The fourth-order valence-corrected chi connectivity index (χ4v) is 4.19. The third-order valence-corrected chi connectivity index (χ3v) is 5.81. The molecule has 176 valence electrons. The summed E-state index contributed by atoms with van der Waals surface area (Å²) < 4.78 is 13.6. The van der Waals surface area contributed by atoms with E-state index in [0.29, 0.717) is 51.2 Å². The Hall–Kier alpha value is -3.04. The highest BCUT2D eigenvalue weighted by molar-refractivity contribution is 5.78. The molecule has 9 nitrogen and oxygen atoms in total. The van der Waals surface area contributed by atoms with E-state index in [2.05, 4.69) is 33.9 Å². The summed E-state index contributed by atoms with van der Waals surface area (Å²) in [4.78, 5) is 25.9. The molecule has 1 atom stereocenters. The summed E-state index contributed by atoms with van der Waals surface area (Å²) in [5.74, 6) is 1.90. The molecule has 0 unspecified atom stereocenters. The Morgan fingerprint density at radius 1 is 1.18 bits per heavy atom. The van der Waals surface area contributed by atoms with E-state index in [-0.39, 0.29) is 12.0 Å². The van der Waals surface area contributed by atoms with Crippen molar-refractivity contribution in [1.82, 2.24) is 29.5 Å². The van der Waals surface area contributed by atoms with Crippen LogP contribution in [0.2, 0.25) is 0 Å². The highest BCUT2D eigenvalue weighted by Crippen LogP contribution is 2.19. The van der Waals surface area contributed by atoms with E-state index in [1.165, 1.54) is 0 Å². The van der Waals surface area contributed by atoms with Crippen molar-refractivity contribution >= 4 is 5.91 Å². The predicted octanol–water partition coefficient (Wildman–Crippen LogP) is 2.76. The van der Waals surface area contributed by atoms with E-state index in [9.17, 15) is 4.79 Å². The van der Waals surface area contributed by atoms with Gasteiger partial charge in [0.15, 0.2) is 0 Å². The Morgan fingerprint density at radius 2 is 1.97 bits per heavy atom. The van der Waals surface area contributed by atoms with Gasteiger partial charge < -0.3 is 14.2 Å². The Labute approximate surface area is 194 Å². The Balaban J connectivity index is 1.52. The topological polar surface area (TPSA) is 89.5 Å². The zero-order valence-corrected chi connectivity index (χ0v) is 19.8. The van der Waals surface area contributed by atoms with Gasteiger partial charge >= 0.3 is 0 Å². The molecule has 0 aromatic carbocycles. The summed E-state index contributed by atoms with van der Waals surface area (Å²) in [6, 6.07) is 5.81. The van der Waals surface area contributed by atoms with Gasteiger partial charge in [-0.15, -0.1) is 0 Å². The standard InChI is InChI=1S/C24H32N6O3/c1-17(2)11-29-14-21(32-16-22-18(3)27-33-19(22)4)13-28(15-23(29)31)12-20-7-5-10-30(20)24-25-8-6-9-26-24/h5-10,17,21H,11-16H2,1-4H3/t21-/m1/s1. The lowest BCUT2D eigenvalue weighted by Gasteiger charge is -2.26. The van der Waals surface area contributed by atoms with Gasteiger partial charge in [0.05, 0.1) is 24.9 Å². The Kier molecular flexibility index (Phi) is 7.20. The van der Waals surface area contributed by atoms with Crippen LogP contribution in [0.25, 0.3) is 5.95 Å². The smallest absolute Gasteiger partial charge is 0.236 e. The third-order valence-electron chi connectivity index (χ3n) is 5.81. The van der Waals surface area contributed by atoms with Crippen molar-refractivity contribution in [2.45, 2.75) is 47.0 Å². The summed E-state index contributed by atoms with van der Waals surface area (Å²) in [5.41, 5.74) is 2.84. The highest BCUT2D eigenvalue weighted by Gasteiger charge is 2.29. The molecule has 33 heavy (non-hydrogen) atoms. The van der Waals surface area contributed by atoms with Crippen LogP contribution in [0.15, 0.2) is 41.3 Å². The van der Waals surface area contributed by atoms with Crippen LogP contribution < -0.4 is 0 Å². The molecule has 0 aliphatic carbocycles. The SMILES string of the molecule is Cc1noc(C)c1CO[C@@H]1CN(Cc2cccn2-c2ncccn2)CC(=O)N(CC(C)C)C1. The average molecular weight is 453 g/mol. The third kappa shape index (κ3) is 5.66. The second-order valence-corrected chi connectivity index (χ2v) is 9.02. The number of carbonyl (C=O) groups is 1. The van der Waals surface area contributed by atoms with Gasteiger partial charge in [-0.2, -0.15) is 0 Å². The quantitative estimate of drug-likeness (QED) is 0.519. The van der Waals surface area contributed by atoms with Crippen molar-refractivity contribution in [1.29, 1.82) is 0 Å². The maximum atomic E-state index is 13.1. The fourth-order valence-electron chi connectivity index (χ4n) is 4.19. The van der Waals surface area contributed by atoms with E-state index in [1.807, 2.05) is 41.6 Å². The van der Waals surface area contributed by atoms with Crippen molar-refractivity contribution in [2.24, 2.45) is 5.92 Å². The maximum Gasteiger partial charge on any atom is 0.236 e. The molecule has 0 radical (unpaired) electrons. The maximum absolute atomic E-state index is 13.1. The first kappa shape index (κ1) is 23.1. The van der Waals surface area contributed by atoms with Gasteiger partial charge in [0.2, 0.25) is 11.9 Å². The van der Waals surface area contributed by atoms with Crippen molar-refractivity contribution in [2.75, 3.05) is 26.2 Å². The van der Waals surface area contributed by atoms with E-state index in [4.69, 9.17) is 9.26 Å². The number of hydrogen-bond acceptors (Lipinski definition) is 7. The molecule has 1 saturated heterocycles. The van der Waals surface area contributed by atoms with Crippen LogP contribution in [0, 0.1) is 19.8 Å². The molecule has 1 amide bonds. The number of ether oxygens (including phenoxy) is 1. The van der Waals surface area contributed by atoms with Crippen molar-refractivity contribution in [3.8, 4) is 5.95 Å². The van der Waals surface area contributed by atoms with Crippen molar-refractivity contribution in [3.05, 3.63) is 59.5 Å². The van der Waals surface area contributed by atoms with E-state index in [0.717, 1.165) is 22.7 Å². The van der Waals surface area contributed by atoms with E-state index < -0.39 is 0 Å². The summed E-state index contributed by atoms with van der Waals surface area (Å²) in [7, 11) is 0. The summed E-state index contributed by atoms with van der Waals surface area (Å²) in [6.07, 6.45) is 5.27. The lowest BCUT2D eigenvalue weighted by atomic mass is 10.2. The molecular weight excluding hydrogens is 420 g/mol. The molecule has 9 heteroatoms. The molecule has 4 heterocycles. The second kappa shape index (κ2) is 10.3.